The third kappa shape index (κ3) is 2.32. The molecule has 3 N–H and O–H groups in total. The Morgan fingerprint density at radius 3 is 2.69 bits per heavy atom. The Morgan fingerprint density at radius 2 is 2.06 bits per heavy atom. The first kappa shape index (κ1) is 10.9. The Kier molecular flexibility index (Phi) is 3.08. The Hall–Kier alpha value is -1.58. The molecular formula is C12H15FN2O. The first-order chi connectivity index (χ1) is 7.66. The minimum absolute atomic E-state index is 0.00388. The van der Waals surface area contributed by atoms with Crippen LogP contribution in [-0.4, -0.2) is 5.91 Å². The highest BCUT2D eigenvalue weighted by Gasteiger charge is 2.22. The monoisotopic (exact) mass is 222 g/mol. The second kappa shape index (κ2) is 4.51. The quantitative estimate of drug-likeness (QED) is 0.755. The average molecular weight is 222 g/mol. The van der Waals surface area contributed by atoms with Crippen molar-refractivity contribution < 1.29 is 9.18 Å². The number of hydrogen-bond acceptors (Lipinski definition) is 2. The molecule has 1 amide bonds. The number of rotatable bonds is 2. The van der Waals surface area contributed by atoms with Crippen molar-refractivity contribution in [2.45, 2.75) is 25.7 Å². The number of hydrogen-bond donors (Lipinski definition) is 2. The number of benzene rings is 1. The van der Waals surface area contributed by atoms with Crippen molar-refractivity contribution in [1.29, 1.82) is 0 Å². The van der Waals surface area contributed by atoms with Crippen LogP contribution < -0.4 is 11.1 Å². The van der Waals surface area contributed by atoms with E-state index in [-0.39, 0.29) is 17.5 Å². The van der Waals surface area contributed by atoms with Crippen LogP contribution >= 0.6 is 0 Å². The van der Waals surface area contributed by atoms with Crippen LogP contribution in [0.1, 0.15) is 25.7 Å². The first-order valence-corrected chi connectivity index (χ1v) is 5.52. The molecule has 0 bridgehead atoms. The van der Waals surface area contributed by atoms with Gasteiger partial charge in [0.25, 0.3) is 0 Å². The fourth-order valence-corrected chi connectivity index (χ4v) is 2.07. The van der Waals surface area contributed by atoms with E-state index < -0.39 is 5.82 Å². The number of amides is 1. The van der Waals surface area contributed by atoms with Crippen molar-refractivity contribution in [3.63, 3.8) is 0 Å². The molecule has 1 aliphatic rings. The van der Waals surface area contributed by atoms with Crippen molar-refractivity contribution in [3.05, 3.63) is 24.0 Å². The molecule has 0 aromatic heterocycles. The van der Waals surface area contributed by atoms with E-state index in [0.29, 0.717) is 5.69 Å². The third-order valence-corrected chi connectivity index (χ3v) is 3.00. The summed E-state index contributed by atoms with van der Waals surface area (Å²) in [7, 11) is 0. The Morgan fingerprint density at radius 1 is 1.38 bits per heavy atom. The molecule has 86 valence electrons. The van der Waals surface area contributed by atoms with E-state index in [4.69, 9.17) is 5.73 Å². The summed E-state index contributed by atoms with van der Waals surface area (Å²) in [5, 5.41) is 2.75. The molecule has 0 heterocycles. The topological polar surface area (TPSA) is 55.1 Å². The normalized spacial score (nSPS) is 16.3. The van der Waals surface area contributed by atoms with Gasteiger partial charge in [0.15, 0.2) is 0 Å². The van der Waals surface area contributed by atoms with Crippen molar-refractivity contribution in [1.82, 2.24) is 0 Å². The maximum absolute atomic E-state index is 12.8. The number of anilines is 2. The van der Waals surface area contributed by atoms with E-state index in [9.17, 15) is 9.18 Å². The molecule has 1 aliphatic carbocycles. The van der Waals surface area contributed by atoms with Crippen LogP contribution in [0.15, 0.2) is 18.2 Å². The highest BCUT2D eigenvalue weighted by atomic mass is 19.1. The molecule has 1 fully saturated rings. The molecular weight excluding hydrogens is 207 g/mol. The number of carbonyl (C=O) groups excluding carboxylic acids is 1. The van der Waals surface area contributed by atoms with Crippen LogP contribution in [0.3, 0.4) is 0 Å². The van der Waals surface area contributed by atoms with Gasteiger partial charge in [0.2, 0.25) is 5.91 Å². The molecule has 1 saturated carbocycles. The first-order valence-electron chi connectivity index (χ1n) is 5.52. The Balaban J connectivity index is 2.05. The second-order valence-corrected chi connectivity index (χ2v) is 4.20. The van der Waals surface area contributed by atoms with Crippen LogP contribution in [-0.2, 0) is 4.79 Å². The van der Waals surface area contributed by atoms with Crippen LogP contribution in [0, 0.1) is 11.7 Å². The summed E-state index contributed by atoms with van der Waals surface area (Å²) in [6.45, 7) is 0. The molecule has 0 atom stereocenters. The molecule has 1 aromatic rings. The molecule has 16 heavy (non-hydrogen) atoms. The van der Waals surface area contributed by atoms with Crippen molar-refractivity contribution in [2.24, 2.45) is 5.92 Å². The van der Waals surface area contributed by atoms with Gasteiger partial charge in [-0.1, -0.05) is 12.8 Å². The average Bonchev–Trinajstić information content (AvgIpc) is 2.75. The molecule has 0 radical (unpaired) electrons. The fourth-order valence-electron chi connectivity index (χ4n) is 2.07. The van der Waals surface area contributed by atoms with E-state index in [1.165, 1.54) is 18.2 Å². The van der Waals surface area contributed by atoms with Crippen molar-refractivity contribution in [2.75, 3.05) is 11.1 Å². The lowest BCUT2D eigenvalue weighted by Crippen LogP contribution is -2.20. The summed E-state index contributed by atoms with van der Waals surface area (Å²) >= 11 is 0. The third-order valence-electron chi connectivity index (χ3n) is 3.00. The van der Waals surface area contributed by atoms with Crippen LogP contribution in [0.2, 0.25) is 0 Å². The lowest BCUT2D eigenvalue weighted by Gasteiger charge is -2.11. The molecule has 0 saturated heterocycles. The Labute approximate surface area is 93.8 Å². The van der Waals surface area contributed by atoms with Crippen LogP contribution in [0.4, 0.5) is 15.8 Å². The lowest BCUT2D eigenvalue weighted by molar-refractivity contribution is -0.119. The number of carbonyl (C=O) groups is 1. The van der Waals surface area contributed by atoms with Gasteiger partial charge in [0.1, 0.15) is 5.82 Å². The number of nitrogens with one attached hydrogen (secondary N) is 1. The highest BCUT2D eigenvalue weighted by Crippen LogP contribution is 2.27. The highest BCUT2D eigenvalue weighted by molar-refractivity contribution is 5.95. The zero-order chi connectivity index (χ0) is 11.5. The summed E-state index contributed by atoms with van der Waals surface area (Å²) in [5.74, 6) is -0.309. The van der Waals surface area contributed by atoms with Crippen LogP contribution in [0.25, 0.3) is 0 Å². The minimum atomic E-state index is -0.392. The van der Waals surface area contributed by atoms with Crippen molar-refractivity contribution >= 4 is 17.3 Å². The smallest absolute Gasteiger partial charge is 0.227 e. The van der Waals surface area contributed by atoms with E-state index >= 15 is 0 Å². The summed E-state index contributed by atoms with van der Waals surface area (Å²) < 4.78 is 12.8. The van der Waals surface area contributed by atoms with E-state index in [1.54, 1.807) is 0 Å². The standard InChI is InChI=1S/C12H15FN2O/c13-9-5-6-11(10(14)7-9)15-12(16)8-3-1-2-4-8/h5-8H,1-4,14H2,(H,15,16). The Bertz CT molecular complexity index is 400. The number of nitrogen functional groups attached to an aromatic ring is 1. The maximum atomic E-state index is 12.8. The zero-order valence-corrected chi connectivity index (χ0v) is 9.00. The van der Waals surface area contributed by atoms with Gasteiger partial charge in [-0.3, -0.25) is 4.79 Å². The van der Waals surface area contributed by atoms with Crippen molar-refractivity contribution in [3.8, 4) is 0 Å². The molecule has 0 unspecified atom stereocenters. The van der Waals surface area contributed by atoms with Gasteiger partial charge in [-0.2, -0.15) is 0 Å². The van der Waals surface area contributed by atoms with Gasteiger partial charge in [-0.25, -0.2) is 4.39 Å². The molecule has 0 spiro atoms. The van der Waals surface area contributed by atoms with Gasteiger partial charge in [-0.05, 0) is 31.0 Å². The van der Waals surface area contributed by atoms with E-state index in [2.05, 4.69) is 5.32 Å². The summed E-state index contributed by atoms with van der Waals surface area (Å²) in [5.41, 5.74) is 6.38. The summed E-state index contributed by atoms with van der Waals surface area (Å²) in [4.78, 5) is 11.8. The van der Waals surface area contributed by atoms with Gasteiger partial charge >= 0.3 is 0 Å². The molecule has 0 aliphatic heterocycles. The van der Waals surface area contributed by atoms with E-state index in [0.717, 1.165) is 25.7 Å². The molecule has 1 aromatic carbocycles. The van der Waals surface area contributed by atoms with Gasteiger partial charge in [-0.15, -0.1) is 0 Å². The summed E-state index contributed by atoms with van der Waals surface area (Å²) in [6.07, 6.45) is 4.09. The second-order valence-electron chi connectivity index (χ2n) is 4.20. The van der Waals surface area contributed by atoms with E-state index in [1.807, 2.05) is 0 Å². The molecule has 4 heteroatoms. The SMILES string of the molecule is Nc1cc(F)ccc1NC(=O)C1CCCC1. The lowest BCUT2D eigenvalue weighted by atomic mass is 10.1. The van der Waals surface area contributed by atoms with Gasteiger partial charge < -0.3 is 11.1 Å². The van der Waals surface area contributed by atoms with Gasteiger partial charge in [0, 0.05) is 5.92 Å². The summed E-state index contributed by atoms with van der Waals surface area (Å²) in [6, 6.07) is 4.00. The fraction of sp³-hybridized carbons (Fsp3) is 0.417. The molecule has 3 nitrogen and oxygen atoms in total. The number of halogens is 1. The predicted molar refractivity (Wildman–Crippen MR) is 61.4 cm³/mol. The minimum Gasteiger partial charge on any atom is -0.397 e. The predicted octanol–water partition coefficient (Wildman–Crippen LogP) is 2.54. The number of nitrogens with two attached hydrogens (primary N) is 1. The van der Waals surface area contributed by atoms with Gasteiger partial charge in [0.05, 0.1) is 11.4 Å². The maximum Gasteiger partial charge on any atom is 0.227 e. The van der Waals surface area contributed by atoms with Crippen LogP contribution in [0.5, 0.6) is 0 Å². The largest absolute Gasteiger partial charge is 0.397 e. The molecule has 2 rings (SSSR count). The zero-order valence-electron chi connectivity index (χ0n) is 9.00.